The van der Waals surface area contributed by atoms with Crippen LogP contribution in [0.4, 0.5) is 27.3 Å². The number of hydrogen-bond donors (Lipinski definition) is 3. The summed E-state index contributed by atoms with van der Waals surface area (Å²) in [5.74, 6) is -0.648. The van der Waals surface area contributed by atoms with Crippen LogP contribution in [0.5, 0.6) is 0 Å². The molecule has 5 N–H and O–H groups in total. The van der Waals surface area contributed by atoms with Crippen molar-refractivity contribution in [3.8, 4) is 0 Å². The molecule has 0 saturated carbocycles. The van der Waals surface area contributed by atoms with Crippen LogP contribution in [0, 0.1) is 5.82 Å². The van der Waals surface area contributed by atoms with Gasteiger partial charge in [-0.1, -0.05) is 12.1 Å². The summed E-state index contributed by atoms with van der Waals surface area (Å²) >= 11 is 1.25. The van der Waals surface area contributed by atoms with E-state index in [1.807, 2.05) is 29.6 Å². The highest BCUT2D eigenvalue weighted by molar-refractivity contribution is 7.92. The Hall–Kier alpha value is -2.53. The first-order valence-electron chi connectivity index (χ1n) is 9.07. The number of nitrogens with zero attached hydrogens (tertiary/aromatic N) is 2. The monoisotopic (exact) mass is 434 g/mol. The topological polar surface area (TPSA) is 105 Å². The van der Waals surface area contributed by atoms with Crippen molar-refractivity contribution in [2.75, 3.05) is 22.7 Å². The molecule has 0 bridgehead atoms. The van der Waals surface area contributed by atoms with E-state index in [1.165, 1.54) is 29.0 Å². The summed E-state index contributed by atoms with van der Waals surface area (Å²) in [6.07, 6.45) is 0.932. The van der Waals surface area contributed by atoms with Crippen molar-refractivity contribution in [1.29, 1.82) is 0 Å². The van der Waals surface area contributed by atoms with Gasteiger partial charge in [-0.3, -0.25) is 10.0 Å². The van der Waals surface area contributed by atoms with Crippen LogP contribution in [-0.4, -0.2) is 32.5 Å². The summed E-state index contributed by atoms with van der Waals surface area (Å²) in [5.41, 5.74) is 10.1. The van der Waals surface area contributed by atoms with Crippen LogP contribution in [-0.2, 0) is 10.0 Å². The average Bonchev–Trinajstić information content (AvgIpc) is 3.33. The van der Waals surface area contributed by atoms with Gasteiger partial charge < -0.3 is 10.6 Å². The van der Waals surface area contributed by atoms with E-state index in [0.717, 1.165) is 30.9 Å². The Morgan fingerprint density at radius 3 is 2.79 bits per heavy atom. The van der Waals surface area contributed by atoms with Gasteiger partial charge in [0.05, 0.1) is 11.2 Å². The van der Waals surface area contributed by atoms with Crippen molar-refractivity contribution >= 4 is 44.2 Å². The minimum Gasteiger partial charge on any atom is -0.365 e. The number of rotatable bonds is 6. The molecule has 1 aliphatic rings. The van der Waals surface area contributed by atoms with Crippen LogP contribution in [0.15, 0.2) is 58.3 Å². The van der Waals surface area contributed by atoms with E-state index in [-0.39, 0.29) is 11.9 Å². The molecular formula is C19H21FN5O2S2+. The fourth-order valence-corrected chi connectivity index (χ4v) is 4.98. The zero-order valence-electron chi connectivity index (χ0n) is 15.5. The SMILES string of the molecule is NC1CCN(c2ccccc2[NH2+]c2ccc(S(=O)(=O)Nc3cscn3)c(F)c2)C1. The summed E-state index contributed by atoms with van der Waals surface area (Å²) < 4.78 is 41.8. The van der Waals surface area contributed by atoms with Gasteiger partial charge in [0.25, 0.3) is 10.0 Å². The zero-order chi connectivity index (χ0) is 20.4. The lowest BCUT2D eigenvalue weighted by molar-refractivity contribution is -0.478. The summed E-state index contributed by atoms with van der Waals surface area (Å²) in [5, 5.41) is 3.38. The maximum atomic E-state index is 14.6. The predicted molar refractivity (Wildman–Crippen MR) is 112 cm³/mol. The van der Waals surface area contributed by atoms with Crippen LogP contribution in [0.25, 0.3) is 0 Å². The Kier molecular flexibility index (Phi) is 5.50. The number of benzene rings is 2. The normalized spacial score (nSPS) is 16.9. The number of quaternary nitrogens is 1. The molecule has 0 amide bonds. The van der Waals surface area contributed by atoms with Crippen molar-refractivity contribution in [3.05, 3.63) is 59.2 Å². The number of anilines is 2. The molecule has 1 atom stereocenters. The Bertz CT molecular complexity index is 1110. The van der Waals surface area contributed by atoms with Gasteiger partial charge >= 0.3 is 0 Å². The number of sulfonamides is 1. The Morgan fingerprint density at radius 2 is 2.10 bits per heavy atom. The molecule has 1 aromatic heterocycles. The first kappa shape index (κ1) is 19.8. The Morgan fingerprint density at radius 1 is 1.28 bits per heavy atom. The third kappa shape index (κ3) is 4.40. The lowest BCUT2D eigenvalue weighted by atomic mass is 10.2. The lowest BCUT2D eigenvalue weighted by Gasteiger charge is -2.19. The highest BCUT2D eigenvalue weighted by atomic mass is 32.2. The maximum Gasteiger partial charge on any atom is 0.265 e. The quantitative estimate of drug-likeness (QED) is 0.516. The number of nitrogens with two attached hydrogens (primary N) is 2. The van der Waals surface area contributed by atoms with E-state index in [9.17, 15) is 12.8 Å². The molecule has 2 heterocycles. The molecule has 1 fully saturated rings. The summed E-state index contributed by atoms with van der Waals surface area (Å²) in [6, 6.07) is 12.1. The number of thiazole rings is 1. The smallest absolute Gasteiger partial charge is 0.265 e. The van der Waals surface area contributed by atoms with Gasteiger partial charge in [-0.2, -0.15) is 0 Å². The molecular weight excluding hydrogens is 413 g/mol. The summed E-state index contributed by atoms with van der Waals surface area (Å²) in [6.45, 7) is 1.65. The second-order valence-electron chi connectivity index (χ2n) is 6.87. The molecule has 0 radical (unpaired) electrons. The highest BCUT2D eigenvalue weighted by Gasteiger charge is 2.24. The minimum absolute atomic E-state index is 0.148. The van der Waals surface area contributed by atoms with Crippen molar-refractivity contribution in [2.24, 2.45) is 5.73 Å². The molecule has 4 rings (SSSR count). The lowest BCUT2D eigenvalue weighted by Crippen LogP contribution is -2.71. The van der Waals surface area contributed by atoms with Crippen molar-refractivity contribution in [1.82, 2.24) is 4.98 Å². The molecule has 1 aliphatic heterocycles. The van der Waals surface area contributed by atoms with Crippen LogP contribution in [0.3, 0.4) is 0 Å². The van der Waals surface area contributed by atoms with Crippen molar-refractivity contribution in [2.45, 2.75) is 17.4 Å². The van der Waals surface area contributed by atoms with Gasteiger partial charge in [0.2, 0.25) is 0 Å². The number of hydrogen-bond acceptors (Lipinski definition) is 6. The third-order valence-electron chi connectivity index (χ3n) is 4.74. The standard InChI is InChI=1S/C19H20FN5O2S2/c20-15-9-14(5-6-18(15)29(26,27)24-19-11-28-12-22-19)23-16-3-1-2-4-17(16)25-8-7-13(21)10-25/h1-6,9,11-13,23-24H,7-8,10,21H2/p+1. The molecule has 3 aromatic rings. The molecule has 0 aliphatic carbocycles. The summed E-state index contributed by atoms with van der Waals surface area (Å²) in [7, 11) is -4.05. The highest BCUT2D eigenvalue weighted by Crippen LogP contribution is 2.27. The van der Waals surface area contributed by atoms with Gasteiger partial charge in [0.15, 0.2) is 11.5 Å². The molecule has 2 aromatic carbocycles. The van der Waals surface area contributed by atoms with Gasteiger partial charge in [-0.25, -0.2) is 17.8 Å². The Labute approximate surface area is 172 Å². The number of nitrogens with one attached hydrogen (secondary N) is 1. The number of halogens is 1. The molecule has 7 nitrogen and oxygen atoms in total. The van der Waals surface area contributed by atoms with Crippen LogP contribution >= 0.6 is 11.3 Å². The van der Waals surface area contributed by atoms with Gasteiger partial charge in [0, 0.05) is 42.7 Å². The second kappa shape index (κ2) is 8.07. The van der Waals surface area contributed by atoms with E-state index in [1.54, 1.807) is 11.4 Å². The van der Waals surface area contributed by atoms with Crippen LogP contribution in [0.1, 0.15) is 6.42 Å². The molecule has 152 valence electrons. The van der Waals surface area contributed by atoms with E-state index >= 15 is 0 Å². The van der Waals surface area contributed by atoms with E-state index < -0.39 is 20.7 Å². The first-order valence-corrected chi connectivity index (χ1v) is 11.5. The average molecular weight is 435 g/mol. The molecule has 10 heteroatoms. The Balaban J connectivity index is 1.57. The zero-order valence-corrected chi connectivity index (χ0v) is 17.1. The van der Waals surface area contributed by atoms with Crippen LogP contribution in [0.2, 0.25) is 0 Å². The molecule has 0 spiro atoms. The summed E-state index contributed by atoms with van der Waals surface area (Å²) in [4.78, 5) is 5.67. The predicted octanol–water partition coefficient (Wildman–Crippen LogP) is 2.15. The van der Waals surface area contributed by atoms with Gasteiger partial charge in [0.1, 0.15) is 16.4 Å². The van der Waals surface area contributed by atoms with E-state index in [4.69, 9.17) is 5.73 Å². The molecule has 1 unspecified atom stereocenters. The largest absolute Gasteiger partial charge is 0.365 e. The van der Waals surface area contributed by atoms with Crippen molar-refractivity contribution in [3.63, 3.8) is 0 Å². The van der Waals surface area contributed by atoms with E-state index in [0.29, 0.717) is 5.69 Å². The second-order valence-corrected chi connectivity index (χ2v) is 9.24. The molecule has 1 saturated heterocycles. The maximum absolute atomic E-state index is 14.6. The third-order valence-corrected chi connectivity index (χ3v) is 6.72. The van der Waals surface area contributed by atoms with E-state index in [2.05, 4.69) is 14.6 Å². The van der Waals surface area contributed by atoms with Crippen LogP contribution < -0.4 is 20.7 Å². The first-order chi connectivity index (χ1) is 13.9. The fraction of sp³-hybridized carbons (Fsp3) is 0.211. The fourth-order valence-electron chi connectivity index (χ4n) is 3.36. The minimum atomic E-state index is -4.05. The number of para-hydroxylation sites is 2. The number of aromatic nitrogens is 1. The van der Waals surface area contributed by atoms with Crippen molar-refractivity contribution < 1.29 is 18.1 Å². The van der Waals surface area contributed by atoms with Gasteiger partial charge in [-0.05, 0) is 18.6 Å². The van der Waals surface area contributed by atoms with Gasteiger partial charge in [-0.15, -0.1) is 11.3 Å². The molecule has 29 heavy (non-hydrogen) atoms.